The van der Waals surface area contributed by atoms with Gasteiger partial charge in [-0.1, -0.05) is 25.1 Å². The van der Waals surface area contributed by atoms with Crippen molar-refractivity contribution in [2.75, 3.05) is 0 Å². The average molecular weight is 260 g/mol. The zero-order chi connectivity index (χ0) is 14.0. The molecule has 2 aromatic heterocycles. The normalized spacial score (nSPS) is 10.9. The largest absolute Gasteiger partial charge is 0.476 e. The summed E-state index contributed by atoms with van der Waals surface area (Å²) in [6.07, 6.45) is 0. The molecule has 1 N–H and O–H groups in total. The van der Waals surface area contributed by atoms with Gasteiger partial charge in [0.2, 0.25) is 0 Å². The fraction of sp³-hybridized carbons (Fsp3) is 0.385. The lowest BCUT2D eigenvalue weighted by atomic mass is 10.1. The summed E-state index contributed by atoms with van der Waals surface area (Å²) >= 11 is 0. The number of aromatic carboxylic acids is 1. The van der Waals surface area contributed by atoms with Gasteiger partial charge < -0.3 is 5.11 Å². The number of hydrogen-bond donors (Lipinski definition) is 1. The maximum Gasteiger partial charge on any atom is 0.358 e. The van der Waals surface area contributed by atoms with Crippen LogP contribution in [0, 0.1) is 6.92 Å². The van der Waals surface area contributed by atoms with Crippen LogP contribution in [0.2, 0.25) is 0 Å². The molecule has 0 saturated heterocycles. The summed E-state index contributed by atoms with van der Waals surface area (Å²) in [7, 11) is 0. The number of carbonyl (C=O) groups is 1. The average Bonchev–Trinajstić information content (AvgIpc) is 2.73. The minimum atomic E-state index is -1.05. The highest BCUT2D eigenvalue weighted by Gasteiger charge is 2.21. The number of hydrogen-bond acceptors (Lipinski definition) is 4. The van der Waals surface area contributed by atoms with Crippen LogP contribution in [0.4, 0.5) is 0 Å². The molecule has 0 unspecified atom stereocenters. The second kappa shape index (κ2) is 5.17. The molecule has 0 aliphatic heterocycles. The van der Waals surface area contributed by atoms with E-state index in [9.17, 15) is 4.79 Å². The van der Waals surface area contributed by atoms with Crippen LogP contribution in [0.1, 0.15) is 47.3 Å². The third-order valence-corrected chi connectivity index (χ3v) is 2.78. The maximum atomic E-state index is 11.1. The van der Waals surface area contributed by atoms with Crippen LogP contribution in [0.15, 0.2) is 18.2 Å². The van der Waals surface area contributed by atoms with Crippen LogP contribution in [0.3, 0.4) is 0 Å². The predicted molar refractivity (Wildman–Crippen MR) is 69.1 cm³/mol. The molecule has 2 heterocycles. The van der Waals surface area contributed by atoms with Gasteiger partial charge in [-0.05, 0) is 25.0 Å². The van der Waals surface area contributed by atoms with Gasteiger partial charge >= 0.3 is 5.97 Å². The molecular formula is C13H16N4O2. The topological polar surface area (TPSA) is 80.9 Å². The van der Waals surface area contributed by atoms with Crippen molar-refractivity contribution in [1.29, 1.82) is 0 Å². The molecular weight excluding hydrogens is 244 g/mol. The number of carboxylic acids is 1. The van der Waals surface area contributed by atoms with E-state index in [1.807, 2.05) is 39.0 Å². The lowest BCUT2D eigenvalue weighted by Gasteiger charge is -2.09. The third-order valence-electron chi connectivity index (χ3n) is 2.78. The van der Waals surface area contributed by atoms with E-state index in [0.717, 1.165) is 11.4 Å². The highest BCUT2D eigenvalue weighted by molar-refractivity contribution is 5.86. The van der Waals surface area contributed by atoms with E-state index in [2.05, 4.69) is 15.3 Å². The zero-order valence-electron chi connectivity index (χ0n) is 11.2. The van der Waals surface area contributed by atoms with Crippen molar-refractivity contribution < 1.29 is 9.90 Å². The molecule has 6 nitrogen and oxygen atoms in total. The van der Waals surface area contributed by atoms with Gasteiger partial charge in [-0.25, -0.2) is 9.48 Å². The first-order valence-electron chi connectivity index (χ1n) is 6.08. The molecule has 0 bridgehead atoms. The smallest absolute Gasteiger partial charge is 0.358 e. The molecule has 0 aliphatic carbocycles. The molecule has 2 aromatic rings. The van der Waals surface area contributed by atoms with Crippen molar-refractivity contribution in [3.63, 3.8) is 0 Å². The first-order valence-corrected chi connectivity index (χ1v) is 6.08. The van der Waals surface area contributed by atoms with Crippen LogP contribution in [0.25, 0.3) is 0 Å². The van der Waals surface area contributed by atoms with Crippen molar-refractivity contribution in [3.8, 4) is 0 Å². The molecule has 0 atom stereocenters. The van der Waals surface area contributed by atoms with E-state index in [1.54, 1.807) is 4.68 Å². The van der Waals surface area contributed by atoms with Crippen LogP contribution in [-0.4, -0.2) is 31.1 Å². The van der Waals surface area contributed by atoms with Gasteiger partial charge in [-0.3, -0.25) is 4.98 Å². The fourth-order valence-corrected chi connectivity index (χ4v) is 2.00. The highest BCUT2D eigenvalue weighted by atomic mass is 16.4. The third kappa shape index (κ3) is 2.78. The Morgan fingerprint density at radius 2 is 2.16 bits per heavy atom. The summed E-state index contributed by atoms with van der Waals surface area (Å²) in [6, 6.07) is 5.72. The van der Waals surface area contributed by atoms with E-state index >= 15 is 0 Å². The monoisotopic (exact) mass is 260 g/mol. The second-order valence-electron chi connectivity index (χ2n) is 4.71. The van der Waals surface area contributed by atoms with Crippen LogP contribution in [-0.2, 0) is 6.54 Å². The minimum Gasteiger partial charge on any atom is -0.476 e. The molecule has 0 fully saturated rings. The molecule has 100 valence electrons. The number of aryl methyl sites for hydroxylation is 1. The summed E-state index contributed by atoms with van der Waals surface area (Å²) in [5.74, 6) is -1.02. The summed E-state index contributed by atoms with van der Waals surface area (Å²) in [5.41, 5.74) is 2.39. The van der Waals surface area contributed by atoms with Gasteiger partial charge in [0, 0.05) is 5.69 Å². The second-order valence-corrected chi connectivity index (χ2v) is 4.71. The van der Waals surface area contributed by atoms with Crippen LogP contribution in [0.5, 0.6) is 0 Å². The number of carboxylic acid groups (broad SMARTS) is 1. The van der Waals surface area contributed by atoms with Crippen molar-refractivity contribution >= 4 is 5.97 Å². The van der Waals surface area contributed by atoms with Crippen molar-refractivity contribution in [1.82, 2.24) is 20.0 Å². The number of pyridine rings is 1. The SMILES string of the molecule is Cc1cccc(Cn2nnc(C(=O)O)c2C(C)C)n1. The summed E-state index contributed by atoms with van der Waals surface area (Å²) in [5, 5.41) is 16.8. The first kappa shape index (κ1) is 13.2. The predicted octanol–water partition coefficient (Wildman–Crippen LogP) is 1.85. The molecule has 19 heavy (non-hydrogen) atoms. The van der Waals surface area contributed by atoms with Gasteiger partial charge in [0.05, 0.1) is 17.9 Å². The Kier molecular flexibility index (Phi) is 3.59. The van der Waals surface area contributed by atoms with Crippen molar-refractivity contribution in [2.45, 2.75) is 33.2 Å². The molecule has 0 amide bonds. The summed E-state index contributed by atoms with van der Waals surface area (Å²) in [4.78, 5) is 15.5. The lowest BCUT2D eigenvalue weighted by molar-refractivity contribution is 0.0688. The van der Waals surface area contributed by atoms with Gasteiger partial charge in [0.25, 0.3) is 0 Å². The van der Waals surface area contributed by atoms with Crippen molar-refractivity contribution in [2.24, 2.45) is 0 Å². The van der Waals surface area contributed by atoms with E-state index in [1.165, 1.54) is 0 Å². The first-order chi connectivity index (χ1) is 8.99. The maximum absolute atomic E-state index is 11.1. The Hall–Kier alpha value is -2.24. The molecule has 6 heteroatoms. The lowest BCUT2D eigenvalue weighted by Crippen LogP contribution is -2.11. The number of nitrogens with zero attached hydrogens (tertiary/aromatic N) is 4. The fourth-order valence-electron chi connectivity index (χ4n) is 2.00. The van der Waals surface area contributed by atoms with Gasteiger partial charge in [0.1, 0.15) is 0 Å². The Morgan fingerprint density at radius 1 is 1.42 bits per heavy atom. The van der Waals surface area contributed by atoms with E-state index in [4.69, 9.17) is 5.11 Å². The Balaban J connectivity index is 2.38. The molecule has 0 spiro atoms. The Morgan fingerprint density at radius 3 is 2.74 bits per heavy atom. The quantitative estimate of drug-likeness (QED) is 0.907. The number of rotatable bonds is 4. The molecule has 0 aliphatic rings. The zero-order valence-corrected chi connectivity index (χ0v) is 11.2. The molecule has 2 rings (SSSR count). The van der Waals surface area contributed by atoms with Gasteiger partial charge in [0.15, 0.2) is 5.69 Å². The van der Waals surface area contributed by atoms with Crippen LogP contribution >= 0.6 is 0 Å². The van der Waals surface area contributed by atoms with Crippen molar-refractivity contribution in [3.05, 3.63) is 41.0 Å². The standard InChI is InChI=1S/C13H16N4O2/c1-8(2)12-11(13(18)19)15-16-17(12)7-10-6-4-5-9(3)14-10/h4-6,8H,7H2,1-3H3,(H,18,19). The number of aromatic nitrogens is 4. The summed E-state index contributed by atoms with van der Waals surface area (Å²) < 4.78 is 1.61. The van der Waals surface area contributed by atoms with E-state index < -0.39 is 5.97 Å². The van der Waals surface area contributed by atoms with Gasteiger partial charge in [-0.2, -0.15) is 0 Å². The summed E-state index contributed by atoms with van der Waals surface area (Å²) in [6.45, 7) is 6.18. The Labute approximate surface area is 111 Å². The highest BCUT2D eigenvalue weighted by Crippen LogP contribution is 2.18. The molecule has 0 radical (unpaired) electrons. The van der Waals surface area contributed by atoms with E-state index in [-0.39, 0.29) is 11.6 Å². The Bertz CT molecular complexity index is 604. The van der Waals surface area contributed by atoms with Crippen LogP contribution < -0.4 is 0 Å². The van der Waals surface area contributed by atoms with Gasteiger partial charge in [-0.15, -0.1) is 5.10 Å². The molecule has 0 aromatic carbocycles. The molecule has 0 saturated carbocycles. The van der Waals surface area contributed by atoms with E-state index in [0.29, 0.717) is 12.2 Å². The minimum absolute atomic E-state index is 0.0163.